The first-order chi connectivity index (χ1) is 22.2. The Balaban J connectivity index is 1.30. The summed E-state index contributed by atoms with van der Waals surface area (Å²) < 4.78 is 19.0. The van der Waals surface area contributed by atoms with Crippen LogP contribution in [0.2, 0.25) is 5.02 Å². The number of piperidine rings is 1. The molecular weight excluding hydrogens is 619 g/mol. The number of pyridine rings is 1. The van der Waals surface area contributed by atoms with Gasteiger partial charge in [0.1, 0.15) is 28.9 Å². The predicted octanol–water partition coefficient (Wildman–Crippen LogP) is 6.20. The molecule has 0 unspecified atom stereocenters. The van der Waals surface area contributed by atoms with Gasteiger partial charge in [0.15, 0.2) is 11.6 Å². The zero-order valence-electron chi connectivity index (χ0n) is 27.4. The molecule has 2 aromatic carbocycles. The van der Waals surface area contributed by atoms with Crippen molar-refractivity contribution >= 4 is 63.8 Å². The summed E-state index contributed by atoms with van der Waals surface area (Å²) in [5, 5.41) is 7.89. The zero-order valence-corrected chi connectivity index (χ0v) is 29.0. The summed E-state index contributed by atoms with van der Waals surface area (Å²) in [6.07, 6.45) is 6.44. The van der Waals surface area contributed by atoms with E-state index in [-0.39, 0.29) is 0 Å². The molecular formula is C34H44ClN8O2P. The molecule has 2 aromatic heterocycles. The number of hydrogen-bond donors (Lipinski definition) is 2. The molecule has 2 fully saturated rings. The highest BCUT2D eigenvalue weighted by Crippen LogP contribution is 2.41. The average molecular weight is 663 g/mol. The lowest BCUT2D eigenvalue weighted by molar-refractivity contribution is 0.0982. The number of para-hydroxylation sites is 1. The fourth-order valence-corrected chi connectivity index (χ4v) is 7.97. The Kier molecular flexibility index (Phi) is 9.71. The lowest BCUT2D eigenvalue weighted by Crippen LogP contribution is -2.52. The number of fused-ring (bicyclic) bond motifs is 1. The topological polar surface area (TPSA) is 98.7 Å². The maximum Gasteiger partial charge on any atom is 0.161 e. The number of halogens is 1. The Labute approximate surface area is 276 Å². The second-order valence-corrected chi connectivity index (χ2v) is 16.1. The molecule has 0 spiro atoms. The highest BCUT2D eigenvalue weighted by molar-refractivity contribution is 7.70. The van der Waals surface area contributed by atoms with Crippen LogP contribution in [-0.2, 0) is 11.0 Å². The van der Waals surface area contributed by atoms with Gasteiger partial charge in [0.2, 0.25) is 0 Å². The molecule has 4 heterocycles. The number of methoxy groups -OCH3 is 1. The zero-order chi connectivity index (χ0) is 32.4. The second kappa shape index (κ2) is 13.7. The molecule has 2 saturated heterocycles. The third-order valence-corrected chi connectivity index (χ3v) is 11.1. The summed E-state index contributed by atoms with van der Waals surface area (Å²) >= 11 is 6.85. The molecule has 0 saturated carbocycles. The minimum Gasteiger partial charge on any atom is -0.494 e. The first-order valence-corrected chi connectivity index (χ1v) is 19.0. The van der Waals surface area contributed by atoms with Crippen molar-refractivity contribution in [3.05, 3.63) is 59.4 Å². The van der Waals surface area contributed by atoms with E-state index in [2.05, 4.69) is 61.4 Å². The van der Waals surface area contributed by atoms with Gasteiger partial charge in [-0.3, -0.25) is 9.88 Å². The number of aryl methyl sites for hydroxylation is 1. The van der Waals surface area contributed by atoms with E-state index in [0.29, 0.717) is 39.4 Å². The number of likely N-dealkylation sites (N-methyl/N-ethyl adjacent to an activating group) is 1. The first kappa shape index (κ1) is 32.5. The molecule has 0 radical (unpaired) electrons. The van der Waals surface area contributed by atoms with Gasteiger partial charge in [-0.25, -0.2) is 9.97 Å². The highest BCUT2D eigenvalue weighted by Gasteiger charge is 2.28. The van der Waals surface area contributed by atoms with E-state index in [1.54, 1.807) is 32.8 Å². The fraction of sp³-hybridized carbons (Fsp3) is 0.441. The summed E-state index contributed by atoms with van der Waals surface area (Å²) in [6.45, 7) is 12.4. The quantitative estimate of drug-likeness (QED) is 0.202. The molecule has 0 amide bonds. The summed E-state index contributed by atoms with van der Waals surface area (Å²) in [5.74, 6) is 1.61. The van der Waals surface area contributed by atoms with E-state index in [1.807, 2.05) is 24.3 Å². The lowest BCUT2D eigenvalue weighted by atomic mass is 9.99. The molecule has 0 atom stereocenters. The van der Waals surface area contributed by atoms with Crippen molar-refractivity contribution in [2.24, 2.45) is 0 Å². The summed E-state index contributed by atoms with van der Waals surface area (Å²) in [5.41, 5.74) is 4.98. The molecule has 46 heavy (non-hydrogen) atoms. The van der Waals surface area contributed by atoms with Gasteiger partial charge < -0.3 is 29.7 Å². The van der Waals surface area contributed by atoms with Gasteiger partial charge in [0, 0.05) is 74.8 Å². The van der Waals surface area contributed by atoms with Gasteiger partial charge >= 0.3 is 0 Å². The first-order valence-electron chi connectivity index (χ1n) is 16.0. The van der Waals surface area contributed by atoms with E-state index in [0.717, 1.165) is 62.4 Å². The van der Waals surface area contributed by atoms with Crippen molar-refractivity contribution in [2.75, 3.05) is 82.3 Å². The van der Waals surface area contributed by atoms with Crippen LogP contribution in [0.4, 0.5) is 28.7 Å². The molecule has 2 N–H and O–H groups in total. The molecule has 0 bridgehead atoms. The molecule has 12 heteroatoms. The largest absolute Gasteiger partial charge is 0.494 e. The van der Waals surface area contributed by atoms with Gasteiger partial charge in [-0.05, 0) is 63.4 Å². The number of ether oxygens (including phenoxy) is 1. The number of nitrogens with zero attached hydrogens (tertiary/aromatic N) is 6. The number of hydrogen-bond acceptors (Lipinski definition) is 10. The number of aromatic nitrogens is 3. The van der Waals surface area contributed by atoms with E-state index in [4.69, 9.17) is 21.3 Å². The molecule has 6 rings (SSSR count). The molecule has 2 aliphatic rings. The number of rotatable bonds is 9. The monoisotopic (exact) mass is 662 g/mol. The van der Waals surface area contributed by atoms with Crippen molar-refractivity contribution in [3.8, 4) is 5.75 Å². The van der Waals surface area contributed by atoms with Crippen molar-refractivity contribution < 1.29 is 9.30 Å². The molecule has 0 aliphatic carbocycles. The van der Waals surface area contributed by atoms with Crippen LogP contribution in [0.3, 0.4) is 0 Å². The SMILES string of the molecule is CCc1cc(Nc2nc(Nc3ccccc3P(C)(C)=O)c(Cl)c3nccnc23)c(OC)cc1N1CCC(N2CCN(C)CC2)CC1. The minimum atomic E-state index is -2.57. The summed E-state index contributed by atoms with van der Waals surface area (Å²) in [6, 6.07) is 12.5. The van der Waals surface area contributed by atoms with Gasteiger partial charge in [-0.2, -0.15) is 0 Å². The van der Waals surface area contributed by atoms with Gasteiger partial charge in [0.05, 0.1) is 18.5 Å². The Hall–Kier alpha value is -3.43. The van der Waals surface area contributed by atoms with Crippen LogP contribution in [0.25, 0.3) is 11.0 Å². The normalized spacial score (nSPS) is 17.0. The van der Waals surface area contributed by atoms with E-state index in [1.165, 1.54) is 24.1 Å². The van der Waals surface area contributed by atoms with E-state index < -0.39 is 7.14 Å². The molecule has 2 aliphatic heterocycles. The van der Waals surface area contributed by atoms with Gasteiger partial charge in [-0.15, -0.1) is 0 Å². The average Bonchev–Trinajstić information content (AvgIpc) is 3.07. The Morgan fingerprint density at radius 1 is 0.935 bits per heavy atom. The van der Waals surface area contributed by atoms with E-state index in [9.17, 15) is 4.57 Å². The van der Waals surface area contributed by atoms with Crippen LogP contribution >= 0.6 is 18.7 Å². The standard InChI is InChI=1S/C34H44ClN8O2P/c1-6-23-21-26(28(45-3)22-27(23)43-15-11-24(12-16-43)42-19-17-41(2)18-20-42)39-34-32-31(36-13-14-37-32)30(35)33(40-34)38-25-9-7-8-10-29(25)46(4,5)44/h7-10,13-14,21-22,24H,6,11-12,15-20H2,1-5H3,(H2,38,39,40). The van der Waals surface area contributed by atoms with Crippen molar-refractivity contribution in [3.63, 3.8) is 0 Å². The fourth-order valence-electron chi connectivity index (χ4n) is 6.59. The Bertz CT molecular complexity index is 1750. The summed E-state index contributed by atoms with van der Waals surface area (Å²) in [7, 11) is 1.33. The number of nitrogens with one attached hydrogen (secondary N) is 2. The van der Waals surface area contributed by atoms with Crippen LogP contribution in [-0.4, -0.2) is 97.5 Å². The number of piperazine rings is 1. The van der Waals surface area contributed by atoms with Crippen LogP contribution in [0.5, 0.6) is 5.75 Å². The molecule has 10 nitrogen and oxygen atoms in total. The van der Waals surface area contributed by atoms with Crippen molar-refractivity contribution in [1.82, 2.24) is 24.8 Å². The highest BCUT2D eigenvalue weighted by atomic mass is 35.5. The minimum absolute atomic E-state index is 0.335. The van der Waals surface area contributed by atoms with Crippen LogP contribution < -0.4 is 25.6 Å². The van der Waals surface area contributed by atoms with Gasteiger partial charge in [-0.1, -0.05) is 30.7 Å². The smallest absolute Gasteiger partial charge is 0.161 e. The van der Waals surface area contributed by atoms with Gasteiger partial charge in [0.25, 0.3) is 0 Å². The number of anilines is 5. The summed E-state index contributed by atoms with van der Waals surface area (Å²) in [4.78, 5) is 21.6. The Morgan fingerprint density at radius 3 is 2.28 bits per heavy atom. The second-order valence-electron chi connectivity index (χ2n) is 12.6. The van der Waals surface area contributed by atoms with Crippen LogP contribution in [0.1, 0.15) is 25.3 Å². The lowest BCUT2D eigenvalue weighted by Gasteiger charge is -2.43. The van der Waals surface area contributed by atoms with Crippen LogP contribution in [0.15, 0.2) is 48.8 Å². The van der Waals surface area contributed by atoms with Crippen molar-refractivity contribution in [1.29, 1.82) is 0 Å². The van der Waals surface area contributed by atoms with Crippen molar-refractivity contribution in [2.45, 2.75) is 32.2 Å². The number of benzene rings is 2. The van der Waals surface area contributed by atoms with E-state index >= 15 is 0 Å². The maximum atomic E-state index is 13.1. The molecule has 4 aromatic rings. The third kappa shape index (κ3) is 6.81. The maximum absolute atomic E-state index is 13.1. The molecule has 244 valence electrons. The Morgan fingerprint density at radius 2 is 1.61 bits per heavy atom. The third-order valence-electron chi connectivity index (χ3n) is 9.19. The predicted molar refractivity (Wildman–Crippen MR) is 191 cm³/mol. The van der Waals surface area contributed by atoms with Crippen LogP contribution in [0, 0.1) is 0 Å².